The molecule has 0 N–H and O–H groups in total. The minimum Gasteiger partial charge on any atom is -0.370 e. The third-order valence-electron chi connectivity index (χ3n) is 6.40. The molecule has 0 aromatic heterocycles. The van der Waals surface area contributed by atoms with Gasteiger partial charge in [-0.1, -0.05) is 100 Å². The summed E-state index contributed by atoms with van der Waals surface area (Å²) < 4.78 is 19.3. The zero-order valence-electron chi connectivity index (χ0n) is 17.8. The van der Waals surface area contributed by atoms with E-state index in [2.05, 4.69) is 74.5 Å². The molecule has 0 radical (unpaired) electrons. The van der Waals surface area contributed by atoms with E-state index in [1.165, 1.54) is 11.1 Å². The lowest BCUT2D eigenvalue weighted by Gasteiger charge is -2.44. The van der Waals surface area contributed by atoms with Gasteiger partial charge in [0.05, 0.1) is 13.2 Å². The highest BCUT2D eigenvalue weighted by Gasteiger charge is 2.58. The van der Waals surface area contributed by atoms with Crippen LogP contribution in [0.3, 0.4) is 0 Å². The van der Waals surface area contributed by atoms with Crippen LogP contribution in [0.25, 0.3) is 0 Å². The fourth-order valence-corrected chi connectivity index (χ4v) is 4.61. The largest absolute Gasteiger partial charge is 0.370 e. The summed E-state index contributed by atoms with van der Waals surface area (Å²) in [6.45, 7) is 6.02. The van der Waals surface area contributed by atoms with Crippen molar-refractivity contribution in [3.05, 3.63) is 71.8 Å². The van der Waals surface area contributed by atoms with Gasteiger partial charge in [0.25, 0.3) is 0 Å². The molecule has 2 aromatic rings. The molecule has 4 atom stereocenters. The Hall–Kier alpha value is -1.68. The molecule has 4 rings (SSSR count). The lowest BCUT2D eigenvalue weighted by molar-refractivity contribution is -0.197. The third kappa shape index (κ3) is 4.28. The van der Waals surface area contributed by atoms with Gasteiger partial charge in [-0.2, -0.15) is 0 Å². The first-order valence-electron chi connectivity index (χ1n) is 11.3. The van der Waals surface area contributed by atoms with E-state index in [0.29, 0.717) is 0 Å². The predicted octanol–water partition coefficient (Wildman–Crippen LogP) is 5.97. The molecular formula is C26H34O3. The summed E-state index contributed by atoms with van der Waals surface area (Å²) in [6.07, 6.45) is 6.64. The van der Waals surface area contributed by atoms with Crippen molar-refractivity contribution in [3.8, 4) is 0 Å². The Kier molecular flexibility index (Phi) is 6.38. The third-order valence-corrected chi connectivity index (χ3v) is 6.40. The lowest BCUT2D eigenvalue weighted by atomic mass is 9.80. The van der Waals surface area contributed by atoms with Gasteiger partial charge in [0.1, 0.15) is 23.4 Å². The molecule has 2 aliphatic heterocycles. The summed E-state index contributed by atoms with van der Waals surface area (Å²) in [7, 11) is 0. The van der Waals surface area contributed by atoms with Gasteiger partial charge in [-0.3, -0.25) is 0 Å². The van der Waals surface area contributed by atoms with Gasteiger partial charge in [0, 0.05) is 0 Å². The first-order valence-corrected chi connectivity index (χ1v) is 11.3. The van der Waals surface area contributed by atoms with Crippen LogP contribution in [-0.2, 0) is 25.4 Å². The summed E-state index contributed by atoms with van der Waals surface area (Å²) in [4.78, 5) is 0. The highest BCUT2D eigenvalue weighted by Crippen LogP contribution is 2.52. The smallest absolute Gasteiger partial charge is 0.123 e. The van der Waals surface area contributed by atoms with Gasteiger partial charge < -0.3 is 14.2 Å². The highest BCUT2D eigenvalue weighted by atomic mass is 16.6. The Morgan fingerprint density at radius 1 is 0.724 bits per heavy atom. The van der Waals surface area contributed by atoms with Crippen LogP contribution in [0.4, 0.5) is 0 Å². The molecule has 3 nitrogen and oxygen atoms in total. The Labute approximate surface area is 175 Å². The summed E-state index contributed by atoms with van der Waals surface area (Å²) >= 11 is 0. The van der Waals surface area contributed by atoms with Gasteiger partial charge in [0.15, 0.2) is 0 Å². The van der Waals surface area contributed by atoms with Crippen molar-refractivity contribution in [1.29, 1.82) is 0 Å². The number of ether oxygens (including phenoxy) is 3. The fraction of sp³-hybridized carbons (Fsp3) is 0.538. The highest BCUT2D eigenvalue weighted by molar-refractivity contribution is 5.30. The van der Waals surface area contributed by atoms with Crippen molar-refractivity contribution in [1.82, 2.24) is 0 Å². The Morgan fingerprint density at radius 2 is 1.10 bits per heavy atom. The number of hydrogen-bond donors (Lipinski definition) is 0. The number of epoxide rings is 2. The molecule has 0 saturated carbocycles. The summed E-state index contributed by atoms with van der Waals surface area (Å²) in [6, 6.07) is 21.5. The maximum atomic E-state index is 7.40. The molecule has 29 heavy (non-hydrogen) atoms. The molecule has 3 heteroatoms. The van der Waals surface area contributed by atoms with E-state index in [1.807, 2.05) is 0 Å². The summed E-state index contributed by atoms with van der Waals surface area (Å²) in [5, 5.41) is 0. The zero-order chi connectivity index (χ0) is 20.2. The molecule has 2 saturated heterocycles. The second-order valence-corrected chi connectivity index (χ2v) is 8.46. The topological polar surface area (TPSA) is 34.3 Å². The lowest BCUT2D eigenvalue weighted by Crippen LogP contribution is -2.48. The first kappa shape index (κ1) is 20.6. The molecular weight excluding hydrogens is 360 g/mol. The zero-order valence-corrected chi connectivity index (χ0v) is 17.8. The van der Waals surface area contributed by atoms with E-state index < -0.39 is 11.2 Å². The number of rotatable bonds is 12. The standard InChI is InChI=1S/C26H34O3/c1-3-5-17-25(23-19-27-23,21-13-9-7-10-14-21)29-26(18-6-4-2,24-20-28-24)22-15-11-8-12-16-22/h7-16,23-24H,3-6,17-20H2,1-2H3/t23-,24-,25?,26?/m1/s1. The van der Waals surface area contributed by atoms with Crippen molar-refractivity contribution >= 4 is 0 Å². The molecule has 156 valence electrons. The molecule has 2 unspecified atom stereocenters. The van der Waals surface area contributed by atoms with Crippen molar-refractivity contribution < 1.29 is 14.2 Å². The molecule has 2 aliphatic rings. The monoisotopic (exact) mass is 394 g/mol. The number of benzene rings is 2. The van der Waals surface area contributed by atoms with Crippen LogP contribution < -0.4 is 0 Å². The minimum absolute atomic E-state index is 0.111. The van der Waals surface area contributed by atoms with E-state index in [0.717, 1.165) is 51.7 Å². The first-order chi connectivity index (χ1) is 14.2. The molecule has 0 bridgehead atoms. The molecule has 2 aromatic carbocycles. The summed E-state index contributed by atoms with van der Waals surface area (Å²) in [5.74, 6) is 0. The fourth-order valence-electron chi connectivity index (χ4n) is 4.61. The summed E-state index contributed by atoms with van der Waals surface area (Å²) in [5.41, 5.74) is 1.58. The van der Waals surface area contributed by atoms with Gasteiger partial charge in [0.2, 0.25) is 0 Å². The van der Waals surface area contributed by atoms with Crippen LogP contribution in [0.2, 0.25) is 0 Å². The van der Waals surface area contributed by atoms with Crippen LogP contribution in [0, 0.1) is 0 Å². The average molecular weight is 395 g/mol. The van der Waals surface area contributed by atoms with Crippen molar-refractivity contribution in [2.45, 2.75) is 75.8 Å². The van der Waals surface area contributed by atoms with E-state index in [9.17, 15) is 0 Å². The van der Waals surface area contributed by atoms with E-state index in [-0.39, 0.29) is 12.2 Å². The molecule has 2 fully saturated rings. The minimum atomic E-state index is -0.438. The van der Waals surface area contributed by atoms with Crippen molar-refractivity contribution in [2.75, 3.05) is 13.2 Å². The maximum absolute atomic E-state index is 7.40. The molecule has 0 amide bonds. The van der Waals surface area contributed by atoms with Gasteiger partial charge in [-0.15, -0.1) is 0 Å². The number of unbranched alkanes of at least 4 members (excludes halogenated alkanes) is 2. The van der Waals surface area contributed by atoms with E-state index >= 15 is 0 Å². The van der Waals surface area contributed by atoms with E-state index in [4.69, 9.17) is 14.2 Å². The van der Waals surface area contributed by atoms with Crippen LogP contribution in [0.5, 0.6) is 0 Å². The van der Waals surface area contributed by atoms with Crippen molar-refractivity contribution in [2.24, 2.45) is 0 Å². The second-order valence-electron chi connectivity index (χ2n) is 8.46. The second kappa shape index (κ2) is 8.99. The Balaban J connectivity index is 1.80. The molecule has 0 spiro atoms. The Bertz CT molecular complexity index is 689. The average Bonchev–Trinajstić information content (AvgIpc) is 3.67. The maximum Gasteiger partial charge on any atom is 0.123 e. The van der Waals surface area contributed by atoms with Crippen LogP contribution >= 0.6 is 0 Å². The normalized spacial score (nSPS) is 24.5. The van der Waals surface area contributed by atoms with E-state index in [1.54, 1.807) is 0 Å². The van der Waals surface area contributed by atoms with Crippen LogP contribution in [0.1, 0.15) is 63.5 Å². The number of hydrogen-bond acceptors (Lipinski definition) is 3. The molecule has 2 heterocycles. The predicted molar refractivity (Wildman–Crippen MR) is 116 cm³/mol. The van der Waals surface area contributed by atoms with Crippen molar-refractivity contribution in [3.63, 3.8) is 0 Å². The Morgan fingerprint density at radius 3 is 1.41 bits per heavy atom. The van der Waals surface area contributed by atoms with Gasteiger partial charge in [-0.05, 0) is 24.0 Å². The SMILES string of the molecule is CCCCC(OC(CCCC)(c1ccccc1)[C@H]1CO1)(c1ccccc1)[C@H]1CO1. The van der Waals surface area contributed by atoms with Crippen LogP contribution in [0.15, 0.2) is 60.7 Å². The van der Waals surface area contributed by atoms with Gasteiger partial charge >= 0.3 is 0 Å². The quantitative estimate of drug-likeness (QED) is 0.416. The van der Waals surface area contributed by atoms with Gasteiger partial charge in [-0.25, -0.2) is 0 Å². The van der Waals surface area contributed by atoms with Crippen LogP contribution in [-0.4, -0.2) is 25.4 Å². The molecule has 0 aliphatic carbocycles.